The molecular weight excluding hydrogens is 314 g/mol. The van der Waals surface area contributed by atoms with Gasteiger partial charge in [-0.1, -0.05) is 26.7 Å². The molecule has 1 unspecified atom stereocenters. The van der Waals surface area contributed by atoms with Crippen molar-refractivity contribution in [2.75, 3.05) is 6.54 Å². The van der Waals surface area contributed by atoms with Crippen LogP contribution in [0.15, 0.2) is 11.0 Å². The molecule has 0 saturated carbocycles. The zero-order valence-corrected chi connectivity index (χ0v) is 14.7. The highest BCUT2D eigenvalue weighted by molar-refractivity contribution is 7.17. The Morgan fingerprint density at radius 1 is 1.39 bits per heavy atom. The Morgan fingerprint density at radius 3 is 2.65 bits per heavy atom. The lowest BCUT2D eigenvalue weighted by atomic mass is 9.96. The Morgan fingerprint density at radius 2 is 2.04 bits per heavy atom. The zero-order chi connectivity index (χ0) is 17.1. The van der Waals surface area contributed by atoms with Crippen LogP contribution in [0.5, 0.6) is 0 Å². The molecule has 0 aliphatic heterocycles. The maximum Gasteiger partial charge on any atom is 0.271 e. The molecule has 0 saturated heterocycles. The average Bonchev–Trinajstić information content (AvgIpc) is 2.82. The normalized spacial score (nSPS) is 12.8. The third-order valence-corrected chi connectivity index (χ3v) is 5.40. The van der Waals surface area contributed by atoms with Crippen LogP contribution in [-0.2, 0) is 0 Å². The van der Waals surface area contributed by atoms with E-state index in [2.05, 4.69) is 10.3 Å². The van der Waals surface area contributed by atoms with E-state index in [1.807, 2.05) is 27.7 Å². The number of rotatable bonds is 6. The molecule has 1 amide bonds. The highest BCUT2D eigenvalue weighted by Gasteiger charge is 2.19. The van der Waals surface area contributed by atoms with E-state index in [9.17, 15) is 14.7 Å². The van der Waals surface area contributed by atoms with Gasteiger partial charge >= 0.3 is 0 Å². The number of aryl methyl sites for hydroxylation is 2. The SMILES string of the molecule is CCC(CC)C(O)CNC(=O)c1cnc2sc(C)c(C)n2c1=O. The summed E-state index contributed by atoms with van der Waals surface area (Å²) in [5, 5.41) is 12.7. The molecule has 6 nitrogen and oxygen atoms in total. The molecule has 23 heavy (non-hydrogen) atoms. The van der Waals surface area contributed by atoms with Crippen LogP contribution in [0.2, 0.25) is 0 Å². The molecule has 0 aliphatic carbocycles. The molecule has 0 aliphatic rings. The second kappa shape index (κ2) is 7.23. The summed E-state index contributed by atoms with van der Waals surface area (Å²) in [5.74, 6) is -0.357. The van der Waals surface area contributed by atoms with Crippen molar-refractivity contribution in [2.24, 2.45) is 5.92 Å². The number of thiazole rings is 1. The van der Waals surface area contributed by atoms with Gasteiger partial charge in [0.25, 0.3) is 11.5 Å². The maximum absolute atomic E-state index is 12.5. The van der Waals surface area contributed by atoms with Crippen molar-refractivity contribution in [3.8, 4) is 0 Å². The van der Waals surface area contributed by atoms with Gasteiger partial charge in [-0.3, -0.25) is 14.0 Å². The number of carbonyl (C=O) groups excluding carboxylic acids is 1. The zero-order valence-electron chi connectivity index (χ0n) is 13.9. The molecule has 0 fully saturated rings. The van der Waals surface area contributed by atoms with Crippen LogP contribution in [0.4, 0.5) is 0 Å². The fraction of sp³-hybridized carbons (Fsp3) is 0.562. The first-order chi connectivity index (χ1) is 10.9. The van der Waals surface area contributed by atoms with Gasteiger partial charge in [0.05, 0.1) is 6.10 Å². The highest BCUT2D eigenvalue weighted by atomic mass is 32.1. The number of nitrogens with zero attached hydrogens (tertiary/aromatic N) is 2. The Balaban J connectivity index is 2.20. The van der Waals surface area contributed by atoms with Crippen LogP contribution < -0.4 is 10.9 Å². The lowest BCUT2D eigenvalue weighted by Gasteiger charge is -2.20. The van der Waals surface area contributed by atoms with E-state index in [1.165, 1.54) is 21.9 Å². The van der Waals surface area contributed by atoms with Crippen molar-refractivity contribution in [3.63, 3.8) is 0 Å². The van der Waals surface area contributed by atoms with Crippen molar-refractivity contribution < 1.29 is 9.90 Å². The molecule has 2 aromatic heterocycles. The Hall–Kier alpha value is -1.73. The summed E-state index contributed by atoms with van der Waals surface area (Å²) in [7, 11) is 0. The summed E-state index contributed by atoms with van der Waals surface area (Å²) in [6.07, 6.45) is 2.39. The topological polar surface area (TPSA) is 83.7 Å². The van der Waals surface area contributed by atoms with E-state index < -0.39 is 12.0 Å². The summed E-state index contributed by atoms with van der Waals surface area (Å²) >= 11 is 1.42. The molecule has 1 atom stereocenters. The molecule has 2 aromatic rings. The van der Waals surface area contributed by atoms with Crippen molar-refractivity contribution in [2.45, 2.75) is 46.6 Å². The predicted octanol–water partition coefficient (Wildman–Crippen LogP) is 1.90. The monoisotopic (exact) mass is 337 g/mol. The van der Waals surface area contributed by atoms with Crippen molar-refractivity contribution in [3.05, 3.63) is 32.7 Å². The molecule has 2 rings (SSSR count). The number of carbonyl (C=O) groups is 1. The van der Waals surface area contributed by atoms with Crippen LogP contribution in [0.25, 0.3) is 4.96 Å². The number of aliphatic hydroxyl groups is 1. The molecular formula is C16H23N3O3S. The predicted molar refractivity (Wildman–Crippen MR) is 91.2 cm³/mol. The van der Waals surface area contributed by atoms with E-state index in [1.54, 1.807) is 0 Å². The van der Waals surface area contributed by atoms with E-state index in [-0.39, 0.29) is 23.6 Å². The second-order valence-electron chi connectivity index (χ2n) is 5.69. The van der Waals surface area contributed by atoms with E-state index >= 15 is 0 Å². The third kappa shape index (κ3) is 3.45. The first-order valence-electron chi connectivity index (χ1n) is 7.84. The number of aliphatic hydroxyl groups excluding tert-OH is 1. The number of nitrogens with one attached hydrogen (secondary N) is 1. The summed E-state index contributed by atoms with van der Waals surface area (Å²) in [6.45, 7) is 7.89. The van der Waals surface area contributed by atoms with Crippen LogP contribution in [0.1, 0.15) is 47.6 Å². The van der Waals surface area contributed by atoms with Gasteiger partial charge in [-0.05, 0) is 19.8 Å². The van der Waals surface area contributed by atoms with Gasteiger partial charge < -0.3 is 10.4 Å². The van der Waals surface area contributed by atoms with Crippen LogP contribution in [-0.4, -0.2) is 33.0 Å². The van der Waals surface area contributed by atoms with Gasteiger partial charge in [0.1, 0.15) is 5.56 Å². The average molecular weight is 337 g/mol. The molecule has 7 heteroatoms. The lowest BCUT2D eigenvalue weighted by molar-refractivity contribution is 0.0815. The molecule has 2 heterocycles. The quantitative estimate of drug-likeness (QED) is 0.843. The number of amides is 1. The first kappa shape index (κ1) is 17.6. The number of fused-ring (bicyclic) bond motifs is 1. The van der Waals surface area contributed by atoms with Crippen LogP contribution >= 0.6 is 11.3 Å². The van der Waals surface area contributed by atoms with Crippen LogP contribution in [0.3, 0.4) is 0 Å². The fourth-order valence-electron chi connectivity index (χ4n) is 2.62. The molecule has 0 spiro atoms. The summed E-state index contributed by atoms with van der Waals surface area (Å²) in [6, 6.07) is 0. The van der Waals surface area contributed by atoms with Gasteiger partial charge in [-0.25, -0.2) is 4.98 Å². The van der Waals surface area contributed by atoms with Crippen molar-refractivity contribution >= 4 is 22.2 Å². The first-order valence-corrected chi connectivity index (χ1v) is 8.66. The summed E-state index contributed by atoms with van der Waals surface area (Å²) in [4.78, 5) is 30.5. The molecule has 2 N–H and O–H groups in total. The standard InChI is InChI=1S/C16H23N3O3S/c1-5-11(6-2)13(20)8-17-14(21)12-7-18-16-19(15(12)22)9(3)10(4)23-16/h7,11,13,20H,5-6,8H2,1-4H3,(H,17,21). The van der Waals surface area contributed by atoms with Gasteiger partial charge in [0.15, 0.2) is 4.96 Å². The second-order valence-corrected chi connectivity index (χ2v) is 6.87. The Kier molecular flexibility index (Phi) is 5.54. The largest absolute Gasteiger partial charge is 0.391 e. The van der Waals surface area contributed by atoms with Crippen LogP contribution in [0, 0.1) is 19.8 Å². The minimum atomic E-state index is -0.612. The van der Waals surface area contributed by atoms with E-state index in [0.29, 0.717) is 4.96 Å². The molecule has 0 bridgehead atoms. The minimum absolute atomic E-state index is 0.000136. The summed E-state index contributed by atoms with van der Waals surface area (Å²) < 4.78 is 1.46. The van der Waals surface area contributed by atoms with Crippen molar-refractivity contribution in [1.29, 1.82) is 0 Å². The van der Waals surface area contributed by atoms with E-state index in [4.69, 9.17) is 0 Å². The van der Waals surface area contributed by atoms with Gasteiger partial charge in [0.2, 0.25) is 0 Å². The fourth-order valence-corrected chi connectivity index (χ4v) is 3.55. The maximum atomic E-state index is 12.5. The van der Waals surface area contributed by atoms with Gasteiger partial charge in [-0.15, -0.1) is 11.3 Å². The van der Waals surface area contributed by atoms with E-state index in [0.717, 1.165) is 23.4 Å². The number of hydrogen-bond donors (Lipinski definition) is 2. The molecule has 126 valence electrons. The Labute approximate surface area is 139 Å². The summed E-state index contributed by atoms with van der Waals surface area (Å²) in [5.41, 5.74) is 0.431. The van der Waals surface area contributed by atoms with Gasteiger partial charge in [-0.2, -0.15) is 0 Å². The smallest absolute Gasteiger partial charge is 0.271 e. The minimum Gasteiger partial charge on any atom is -0.391 e. The Bertz CT molecular complexity index is 762. The number of hydrogen-bond acceptors (Lipinski definition) is 5. The van der Waals surface area contributed by atoms with Gasteiger partial charge in [0, 0.05) is 23.3 Å². The number of aromatic nitrogens is 2. The lowest BCUT2D eigenvalue weighted by Crippen LogP contribution is -2.38. The van der Waals surface area contributed by atoms with Crippen molar-refractivity contribution in [1.82, 2.24) is 14.7 Å². The third-order valence-electron chi connectivity index (χ3n) is 4.33. The molecule has 0 aromatic carbocycles. The molecule has 0 radical (unpaired) electrons. The highest BCUT2D eigenvalue weighted by Crippen LogP contribution is 2.18.